The Hall–Kier alpha value is -4.84. The number of rotatable bonds is 5. The lowest BCUT2D eigenvalue weighted by molar-refractivity contribution is -0.139. The lowest BCUT2D eigenvalue weighted by atomic mass is 9.81. The van der Waals surface area contributed by atoms with Crippen LogP contribution < -0.4 is 10.6 Å². The number of esters is 2. The van der Waals surface area contributed by atoms with Crippen LogP contribution in [0.3, 0.4) is 0 Å². The first-order valence-electron chi connectivity index (χ1n) is 10.7. The summed E-state index contributed by atoms with van der Waals surface area (Å²) in [5.41, 5.74) is 9.19. The molecule has 2 heterocycles. The van der Waals surface area contributed by atoms with Crippen LogP contribution in [0.15, 0.2) is 89.5 Å². The van der Waals surface area contributed by atoms with Gasteiger partial charge in [-0.15, -0.1) is 0 Å². The number of carbonyl (C=O) groups is 2. The zero-order valence-corrected chi connectivity index (χ0v) is 19.4. The Morgan fingerprint density at radius 1 is 1.03 bits per heavy atom. The van der Waals surface area contributed by atoms with E-state index in [1.165, 1.54) is 19.1 Å². The summed E-state index contributed by atoms with van der Waals surface area (Å²) in [4.78, 5) is 27.7. The first-order chi connectivity index (χ1) is 16.9. The van der Waals surface area contributed by atoms with Crippen molar-refractivity contribution in [1.29, 1.82) is 5.26 Å². The number of nitriles is 1. The van der Waals surface area contributed by atoms with Crippen molar-refractivity contribution in [3.63, 3.8) is 0 Å². The Morgan fingerprint density at radius 3 is 2.34 bits per heavy atom. The predicted octanol–water partition coefficient (Wildman–Crippen LogP) is 2.98. The first kappa shape index (κ1) is 23.3. The highest BCUT2D eigenvalue weighted by molar-refractivity contribution is 6.06. The Bertz CT molecular complexity index is 1400. The van der Waals surface area contributed by atoms with Crippen molar-refractivity contribution in [2.24, 2.45) is 12.8 Å². The Kier molecular flexibility index (Phi) is 6.38. The van der Waals surface area contributed by atoms with Gasteiger partial charge in [0.1, 0.15) is 11.5 Å². The third kappa shape index (κ3) is 4.02. The molecule has 176 valence electrons. The number of hydrogen-bond acceptors (Lipinski definition) is 8. The molecule has 0 fully saturated rings. The second-order valence-corrected chi connectivity index (χ2v) is 7.73. The highest BCUT2D eigenvalue weighted by Gasteiger charge is 2.43. The van der Waals surface area contributed by atoms with Gasteiger partial charge in [0.05, 0.1) is 43.0 Å². The van der Waals surface area contributed by atoms with Gasteiger partial charge in [0.15, 0.2) is 0 Å². The third-order valence-corrected chi connectivity index (χ3v) is 5.83. The number of hydrogen-bond donors (Lipinski definition) is 1. The minimum Gasteiger partial charge on any atom is -0.466 e. The smallest absolute Gasteiger partial charge is 0.355 e. The lowest BCUT2D eigenvalue weighted by Gasteiger charge is -2.36. The summed E-state index contributed by atoms with van der Waals surface area (Å²) in [7, 11) is 4.24. The maximum atomic E-state index is 13.2. The molecule has 0 saturated heterocycles. The SMILES string of the molecule is COC(=O)C1=C(C(=O)OC)N(c2cccc(-c3ccnn3C)c2)C(N)=C(C#N)C1c1ccccc1. The van der Waals surface area contributed by atoms with Gasteiger partial charge < -0.3 is 15.2 Å². The van der Waals surface area contributed by atoms with Crippen molar-refractivity contribution in [3.05, 3.63) is 95.1 Å². The Labute approximate surface area is 202 Å². The minimum atomic E-state index is -0.917. The van der Waals surface area contributed by atoms with Crippen LogP contribution in [0.4, 0.5) is 5.69 Å². The number of nitrogens with two attached hydrogens (primary N) is 1. The largest absolute Gasteiger partial charge is 0.466 e. The normalized spacial score (nSPS) is 15.6. The molecular weight excluding hydrogens is 446 g/mol. The molecule has 0 radical (unpaired) electrons. The number of aryl methyl sites for hydroxylation is 1. The van der Waals surface area contributed by atoms with Crippen molar-refractivity contribution < 1.29 is 19.1 Å². The van der Waals surface area contributed by atoms with Crippen molar-refractivity contribution in [3.8, 4) is 17.3 Å². The summed E-state index contributed by atoms with van der Waals surface area (Å²) in [6.45, 7) is 0. The van der Waals surface area contributed by atoms with E-state index in [-0.39, 0.29) is 22.7 Å². The second kappa shape index (κ2) is 9.57. The van der Waals surface area contributed by atoms with Gasteiger partial charge in [-0.3, -0.25) is 9.58 Å². The highest BCUT2D eigenvalue weighted by atomic mass is 16.5. The summed E-state index contributed by atoms with van der Waals surface area (Å²) in [6, 6.07) is 20.0. The van der Waals surface area contributed by atoms with E-state index in [2.05, 4.69) is 11.2 Å². The lowest BCUT2D eigenvalue weighted by Crippen LogP contribution is -2.40. The van der Waals surface area contributed by atoms with Crippen molar-refractivity contribution >= 4 is 17.6 Å². The van der Waals surface area contributed by atoms with Crippen LogP contribution in [0, 0.1) is 11.3 Å². The van der Waals surface area contributed by atoms with Gasteiger partial charge in [0.25, 0.3) is 0 Å². The van der Waals surface area contributed by atoms with Crippen LogP contribution in [0.1, 0.15) is 11.5 Å². The van der Waals surface area contributed by atoms with Gasteiger partial charge in [-0.05, 0) is 23.8 Å². The number of methoxy groups -OCH3 is 2. The van der Waals surface area contributed by atoms with Crippen LogP contribution in [-0.4, -0.2) is 35.9 Å². The average molecular weight is 470 g/mol. The topological polar surface area (TPSA) is 123 Å². The van der Waals surface area contributed by atoms with E-state index in [1.54, 1.807) is 53.3 Å². The molecule has 0 spiro atoms. The highest BCUT2D eigenvalue weighted by Crippen LogP contribution is 2.43. The molecule has 9 nitrogen and oxygen atoms in total. The van der Waals surface area contributed by atoms with Gasteiger partial charge in [0, 0.05) is 24.5 Å². The summed E-state index contributed by atoms with van der Waals surface area (Å²) < 4.78 is 11.8. The van der Waals surface area contributed by atoms with Crippen LogP contribution in [0.2, 0.25) is 0 Å². The zero-order chi connectivity index (χ0) is 25.1. The van der Waals surface area contributed by atoms with Gasteiger partial charge in [-0.25, -0.2) is 9.59 Å². The van der Waals surface area contributed by atoms with E-state index in [0.717, 1.165) is 11.3 Å². The number of benzene rings is 2. The summed E-state index contributed by atoms with van der Waals surface area (Å²) in [6.07, 6.45) is 1.67. The van der Waals surface area contributed by atoms with E-state index >= 15 is 0 Å². The molecular formula is C26H23N5O4. The molecule has 1 aromatic heterocycles. The number of allylic oxidation sites excluding steroid dienone is 1. The fourth-order valence-corrected chi connectivity index (χ4v) is 4.24. The third-order valence-electron chi connectivity index (χ3n) is 5.83. The maximum Gasteiger partial charge on any atom is 0.355 e. The number of carbonyl (C=O) groups excluding carboxylic acids is 2. The Morgan fingerprint density at radius 2 is 1.74 bits per heavy atom. The minimum absolute atomic E-state index is 0.0107. The summed E-state index contributed by atoms with van der Waals surface area (Å²) in [5, 5.41) is 14.3. The molecule has 0 bridgehead atoms. The number of nitrogens with zero attached hydrogens (tertiary/aromatic N) is 4. The molecule has 4 rings (SSSR count). The van der Waals surface area contributed by atoms with Gasteiger partial charge in [-0.2, -0.15) is 10.4 Å². The van der Waals surface area contributed by atoms with Gasteiger partial charge >= 0.3 is 11.9 Å². The molecule has 1 aliphatic heterocycles. The van der Waals surface area contributed by atoms with Crippen molar-refractivity contribution in [1.82, 2.24) is 9.78 Å². The van der Waals surface area contributed by atoms with E-state index in [1.807, 2.05) is 25.2 Å². The first-order valence-corrected chi connectivity index (χ1v) is 10.7. The number of ether oxygens (including phenoxy) is 2. The molecule has 0 saturated carbocycles. The van der Waals surface area contributed by atoms with Crippen LogP contribution in [0.5, 0.6) is 0 Å². The maximum absolute atomic E-state index is 13.2. The molecule has 0 amide bonds. The van der Waals surface area contributed by atoms with E-state index in [4.69, 9.17) is 15.2 Å². The van der Waals surface area contributed by atoms with Crippen molar-refractivity contribution in [2.45, 2.75) is 5.92 Å². The number of anilines is 1. The van der Waals surface area contributed by atoms with Gasteiger partial charge in [0.2, 0.25) is 0 Å². The molecule has 0 aliphatic carbocycles. The molecule has 2 N–H and O–H groups in total. The van der Waals surface area contributed by atoms with Crippen LogP contribution in [-0.2, 0) is 26.1 Å². The standard InChI is InChI=1S/C26H23N5O4/c1-30-20(12-13-29-30)17-10-7-11-18(14-17)31-23(26(33)35-3)22(25(32)34-2)21(19(15-27)24(31)28)16-8-5-4-6-9-16/h4-14,21H,28H2,1-3H3. The van der Waals surface area contributed by atoms with E-state index in [9.17, 15) is 14.9 Å². The quantitative estimate of drug-likeness (QED) is 0.566. The monoisotopic (exact) mass is 469 g/mol. The molecule has 3 aromatic rings. The van der Waals surface area contributed by atoms with E-state index < -0.39 is 17.9 Å². The average Bonchev–Trinajstić information content (AvgIpc) is 3.33. The molecule has 1 atom stereocenters. The summed E-state index contributed by atoms with van der Waals surface area (Å²) >= 11 is 0. The van der Waals surface area contributed by atoms with Gasteiger partial charge in [-0.1, -0.05) is 42.5 Å². The fourth-order valence-electron chi connectivity index (χ4n) is 4.24. The van der Waals surface area contributed by atoms with Crippen molar-refractivity contribution in [2.75, 3.05) is 19.1 Å². The molecule has 1 unspecified atom stereocenters. The Balaban J connectivity index is 2.03. The van der Waals surface area contributed by atoms with Crippen LogP contribution >= 0.6 is 0 Å². The summed E-state index contributed by atoms with van der Waals surface area (Å²) in [5.74, 6) is -2.47. The molecule has 2 aromatic carbocycles. The molecule has 9 heteroatoms. The number of aromatic nitrogens is 2. The van der Waals surface area contributed by atoms with Crippen LogP contribution in [0.25, 0.3) is 11.3 Å². The second-order valence-electron chi connectivity index (χ2n) is 7.73. The fraction of sp³-hybridized carbons (Fsp3) is 0.154. The predicted molar refractivity (Wildman–Crippen MR) is 128 cm³/mol. The zero-order valence-electron chi connectivity index (χ0n) is 19.4. The molecule has 35 heavy (non-hydrogen) atoms. The van der Waals surface area contributed by atoms with E-state index in [0.29, 0.717) is 11.3 Å². The molecule has 1 aliphatic rings.